The van der Waals surface area contributed by atoms with Gasteiger partial charge in [0.2, 0.25) is 5.91 Å². The molecule has 1 aliphatic rings. The van der Waals surface area contributed by atoms with Crippen molar-refractivity contribution < 1.29 is 14.0 Å². The Morgan fingerprint density at radius 3 is 2.76 bits per heavy atom. The van der Waals surface area contributed by atoms with Crippen molar-refractivity contribution in [2.75, 3.05) is 26.7 Å². The molecule has 2 unspecified atom stereocenters. The van der Waals surface area contributed by atoms with Crippen molar-refractivity contribution in [1.29, 1.82) is 0 Å². The highest BCUT2D eigenvalue weighted by Gasteiger charge is 2.32. The van der Waals surface area contributed by atoms with E-state index in [1.54, 1.807) is 24.1 Å². The molecule has 2 rings (SSSR count). The largest absolute Gasteiger partial charge is 0.444 e. The monoisotopic (exact) mass is 357 g/mol. The van der Waals surface area contributed by atoms with E-state index in [-0.39, 0.29) is 30.2 Å². The minimum Gasteiger partial charge on any atom is -0.444 e. The van der Waals surface area contributed by atoms with Crippen molar-refractivity contribution in [3.63, 3.8) is 0 Å². The molecule has 2 heterocycles. The maximum Gasteiger partial charge on any atom is 0.289 e. The van der Waals surface area contributed by atoms with E-state index in [2.05, 4.69) is 15.9 Å². The third kappa shape index (κ3) is 3.65. The van der Waals surface area contributed by atoms with Crippen molar-refractivity contribution in [3.05, 3.63) is 22.6 Å². The van der Waals surface area contributed by atoms with Gasteiger partial charge in [-0.25, -0.2) is 0 Å². The van der Waals surface area contributed by atoms with E-state index >= 15 is 0 Å². The number of carbonyl (C=O) groups excluding carboxylic acids is 2. The normalized spacial score (nSPS) is 21.6. The molecule has 0 aliphatic carbocycles. The lowest BCUT2D eigenvalue weighted by Gasteiger charge is -2.24. The second kappa shape index (κ2) is 6.62. The van der Waals surface area contributed by atoms with Gasteiger partial charge >= 0.3 is 0 Å². The Labute approximate surface area is 132 Å². The van der Waals surface area contributed by atoms with Crippen LogP contribution in [0.4, 0.5) is 0 Å². The van der Waals surface area contributed by atoms with Gasteiger partial charge in [-0.05, 0) is 53.9 Å². The van der Waals surface area contributed by atoms with Gasteiger partial charge in [-0.1, -0.05) is 0 Å². The van der Waals surface area contributed by atoms with Crippen LogP contribution < -0.4 is 5.73 Å². The number of rotatable bonds is 4. The average molecular weight is 358 g/mol. The summed E-state index contributed by atoms with van der Waals surface area (Å²) in [6, 6.07) is 3.40. The van der Waals surface area contributed by atoms with Crippen LogP contribution in [0.3, 0.4) is 0 Å². The summed E-state index contributed by atoms with van der Waals surface area (Å²) in [7, 11) is 1.60. The van der Waals surface area contributed by atoms with E-state index < -0.39 is 0 Å². The van der Waals surface area contributed by atoms with Crippen LogP contribution in [0, 0.1) is 5.92 Å². The van der Waals surface area contributed by atoms with E-state index in [0.717, 1.165) is 6.42 Å². The van der Waals surface area contributed by atoms with Crippen molar-refractivity contribution in [2.45, 2.75) is 19.4 Å². The van der Waals surface area contributed by atoms with Gasteiger partial charge in [0.15, 0.2) is 10.4 Å². The number of likely N-dealkylation sites (tertiary alicyclic amines) is 1. The highest BCUT2D eigenvalue weighted by Crippen LogP contribution is 2.22. The summed E-state index contributed by atoms with van der Waals surface area (Å²) in [5.74, 6) is 0.202. The third-order valence-electron chi connectivity index (χ3n) is 3.82. The Morgan fingerprint density at radius 2 is 2.24 bits per heavy atom. The summed E-state index contributed by atoms with van der Waals surface area (Å²) in [4.78, 5) is 27.6. The van der Waals surface area contributed by atoms with Crippen LogP contribution in [-0.2, 0) is 4.79 Å². The minimum absolute atomic E-state index is 0.0405. The highest BCUT2D eigenvalue weighted by atomic mass is 79.9. The Hall–Kier alpha value is -1.34. The summed E-state index contributed by atoms with van der Waals surface area (Å²) in [5, 5.41) is 0. The smallest absolute Gasteiger partial charge is 0.289 e. The van der Waals surface area contributed by atoms with Gasteiger partial charge in [0.05, 0.1) is 6.54 Å². The first-order chi connectivity index (χ1) is 9.92. The average Bonchev–Trinajstić information content (AvgIpc) is 3.03. The van der Waals surface area contributed by atoms with Gasteiger partial charge in [0.1, 0.15) is 0 Å². The summed E-state index contributed by atoms with van der Waals surface area (Å²) in [6.45, 7) is 3.31. The summed E-state index contributed by atoms with van der Waals surface area (Å²) < 4.78 is 5.70. The van der Waals surface area contributed by atoms with Crippen molar-refractivity contribution in [3.8, 4) is 0 Å². The van der Waals surface area contributed by atoms with Crippen molar-refractivity contribution in [1.82, 2.24) is 9.80 Å². The minimum atomic E-state index is -0.309. The predicted octanol–water partition coefficient (Wildman–Crippen LogP) is 1.31. The second-order valence-electron chi connectivity index (χ2n) is 5.50. The van der Waals surface area contributed by atoms with Crippen LogP contribution in [0.2, 0.25) is 0 Å². The molecule has 1 aromatic heterocycles. The molecule has 1 aliphatic heterocycles. The molecule has 21 heavy (non-hydrogen) atoms. The number of likely N-dealkylation sites (N-methyl/N-ethyl adjacent to an activating group) is 1. The number of hydrogen-bond donors (Lipinski definition) is 1. The lowest BCUT2D eigenvalue weighted by molar-refractivity contribution is -0.132. The molecule has 1 fully saturated rings. The van der Waals surface area contributed by atoms with Gasteiger partial charge in [-0.15, -0.1) is 0 Å². The Morgan fingerprint density at radius 1 is 1.52 bits per heavy atom. The molecule has 2 atom stereocenters. The first-order valence-electron chi connectivity index (χ1n) is 6.92. The SMILES string of the molecule is CC1CC(CN)CN1C(=O)CN(C)C(=O)c1ccc(Br)o1. The summed E-state index contributed by atoms with van der Waals surface area (Å²) >= 11 is 3.15. The van der Waals surface area contributed by atoms with Crippen LogP contribution in [0.15, 0.2) is 21.2 Å². The first kappa shape index (κ1) is 16.0. The molecule has 0 radical (unpaired) electrons. The fourth-order valence-corrected chi connectivity index (χ4v) is 2.95. The van der Waals surface area contributed by atoms with Crippen LogP contribution in [0.5, 0.6) is 0 Å². The number of carbonyl (C=O) groups is 2. The molecule has 7 heteroatoms. The Kier molecular flexibility index (Phi) is 5.05. The van der Waals surface area contributed by atoms with Crippen LogP contribution in [0.25, 0.3) is 0 Å². The first-order valence-corrected chi connectivity index (χ1v) is 7.72. The third-order valence-corrected chi connectivity index (χ3v) is 4.24. The van der Waals surface area contributed by atoms with Crippen molar-refractivity contribution >= 4 is 27.7 Å². The number of amides is 2. The zero-order valence-corrected chi connectivity index (χ0v) is 13.8. The molecule has 0 aromatic carbocycles. The van der Waals surface area contributed by atoms with Gasteiger partial charge in [-0.2, -0.15) is 0 Å². The topological polar surface area (TPSA) is 79.8 Å². The molecular weight excluding hydrogens is 338 g/mol. The van der Waals surface area contributed by atoms with Crippen LogP contribution in [-0.4, -0.2) is 54.3 Å². The fraction of sp³-hybridized carbons (Fsp3) is 0.571. The number of nitrogens with two attached hydrogens (primary N) is 1. The molecule has 1 aromatic rings. The Balaban J connectivity index is 1.94. The van der Waals surface area contributed by atoms with Crippen LogP contribution >= 0.6 is 15.9 Å². The summed E-state index contributed by atoms with van der Waals surface area (Å²) in [6.07, 6.45) is 0.922. The van der Waals surface area contributed by atoms with E-state index in [4.69, 9.17) is 10.2 Å². The molecule has 2 amide bonds. The van der Waals surface area contributed by atoms with Crippen molar-refractivity contribution in [2.24, 2.45) is 11.7 Å². The van der Waals surface area contributed by atoms with Gasteiger partial charge in [-0.3, -0.25) is 9.59 Å². The number of nitrogens with zero attached hydrogens (tertiary/aromatic N) is 2. The summed E-state index contributed by atoms with van der Waals surface area (Å²) in [5.41, 5.74) is 5.67. The highest BCUT2D eigenvalue weighted by molar-refractivity contribution is 9.10. The fourth-order valence-electron chi connectivity index (χ4n) is 2.64. The molecule has 116 valence electrons. The molecule has 6 nitrogen and oxygen atoms in total. The molecular formula is C14H20BrN3O3. The van der Waals surface area contributed by atoms with E-state index in [0.29, 0.717) is 23.7 Å². The van der Waals surface area contributed by atoms with Gasteiger partial charge in [0.25, 0.3) is 5.91 Å². The zero-order valence-electron chi connectivity index (χ0n) is 12.2. The quantitative estimate of drug-likeness (QED) is 0.880. The molecule has 2 N–H and O–H groups in total. The maximum absolute atomic E-state index is 12.3. The zero-order chi connectivity index (χ0) is 15.6. The number of halogens is 1. The van der Waals surface area contributed by atoms with Crippen LogP contribution in [0.1, 0.15) is 23.9 Å². The molecule has 1 saturated heterocycles. The molecule has 0 spiro atoms. The van der Waals surface area contributed by atoms with E-state index in [1.165, 1.54) is 4.90 Å². The lowest BCUT2D eigenvalue weighted by atomic mass is 10.1. The molecule has 0 bridgehead atoms. The van der Waals surface area contributed by atoms with E-state index in [9.17, 15) is 9.59 Å². The second-order valence-corrected chi connectivity index (χ2v) is 6.28. The maximum atomic E-state index is 12.3. The lowest BCUT2D eigenvalue weighted by Crippen LogP contribution is -2.42. The molecule has 0 saturated carbocycles. The van der Waals surface area contributed by atoms with Gasteiger partial charge < -0.3 is 20.0 Å². The predicted molar refractivity (Wildman–Crippen MR) is 81.7 cm³/mol. The number of furan rings is 1. The van der Waals surface area contributed by atoms with E-state index in [1.807, 2.05) is 6.92 Å². The standard InChI is InChI=1S/C14H20BrN3O3/c1-9-5-10(6-16)7-18(9)13(19)8-17(2)14(20)11-3-4-12(15)21-11/h3-4,9-10H,5-8,16H2,1-2H3. The Bertz CT molecular complexity index is 531. The number of hydrogen-bond acceptors (Lipinski definition) is 4. The van der Waals surface area contributed by atoms with Gasteiger partial charge in [0, 0.05) is 19.6 Å².